The number of halogens is 2. The van der Waals surface area contributed by atoms with Crippen LogP contribution in [0.1, 0.15) is 15.9 Å². The first-order valence-corrected chi connectivity index (χ1v) is 6.22. The van der Waals surface area contributed by atoms with Crippen molar-refractivity contribution in [3.63, 3.8) is 0 Å². The summed E-state index contributed by atoms with van der Waals surface area (Å²) >= 11 is 12.0. The summed E-state index contributed by atoms with van der Waals surface area (Å²) in [4.78, 5) is 10.7. The van der Waals surface area contributed by atoms with Gasteiger partial charge in [-0.15, -0.1) is 0 Å². The van der Waals surface area contributed by atoms with Gasteiger partial charge in [0.05, 0.1) is 15.6 Å². The highest BCUT2D eigenvalue weighted by Gasteiger charge is 2.07. The molecule has 0 aliphatic heterocycles. The number of carboxylic acid groups (broad SMARTS) is 1. The molecule has 98 valence electrons. The maximum Gasteiger partial charge on any atom is 0.335 e. The molecule has 0 aliphatic rings. The molecule has 2 aromatic carbocycles. The fourth-order valence-electron chi connectivity index (χ4n) is 1.52. The van der Waals surface area contributed by atoms with Crippen LogP contribution in [-0.4, -0.2) is 11.1 Å². The van der Waals surface area contributed by atoms with Crippen molar-refractivity contribution in [1.29, 1.82) is 0 Å². The van der Waals surface area contributed by atoms with E-state index in [1.165, 1.54) is 12.1 Å². The minimum absolute atomic E-state index is 0.236. The zero-order chi connectivity index (χ0) is 13.8. The molecular weight excluding hydrogens is 287 g/mol. The number of aromatic carboxylic acids is 1. The van der Waals surface area contributed by atoms with Crippen LogP contribution in [0.5, 0.6) is 5.75 Å². The van der Waals surface area contributed by atoms with Crippen LogP contribution in [0.4, 0.5) is 0 Å². The van der Waals surface area contributed by atoms with E-state index in [4.69, 9.17) is 33.0 Å². The van der Waals surface area contributed by atoms with Crippen LogP contribution in [0.2, 0.25) is 10.0 Å². The second kappa shape index (κ2) is 5.95. The van der Waals surface area contributed by atoms with Crippen molar-refractivity contribution >= 4 is 29.2 Å². The Kier molecular flexibility index (Phi) is 4.30. The second-order valence-electron chi connectivity index (χ2n) is 3.84. The van der Waals surface area contributed by atoms with Crippen molar-refractivity contribution in [1.82, 2.24) is 0 Å². The molecule has 0 saturated carbocycles. The summed E-state index contributed by atoms with van der Waals surface area (Å²) in [6.07, 6.45) is 0. The molecule has 0 saturated heterocycles. The standard InChI is InChI=1S/C14H10Cl2O3/c15-11-2-1-3-12(16)13(11)19-8-9-4-6-10(7-5-9)14(17)18/h1-7H,8H2,(H,17,18). The number of para-hydroxylation sites is 1. The molecule has 2 rings (SSSR count). The summed E-state index contributed by atoms with van der Waals surface area (Å²) in [5.74, 6) is -0.533. The van der Waals surface area contributed by atoms with Gasteiger partial charge in [0, 0.05) is 0 Å². The molecule has 0 aliphatic carbocycles. The first kappa shape index (κ1) is 13.7. The third-order valence-corrected chi connectivity index (χ3v) is 3.10. The first-order valence-electron chi connectivity index (χ1n) is 5.47. The van der Waals surface area contributed by atoms with Crippen LogP contribution in [-0.2, 0) is 6.61 Å². The molecule has 1 N–H and O–H groups in total. The van der Waals surface area contributed by atoms with Crippen LogP contribution < -0.4 is 4.74 Å². The molecule has 0 fully saturated rings. The normalized spacial score (nSPS) is 10.2. The SMILES string of the molecule is O=C(O)c1ccc(COc2c(Cl)cccc2Cl)cc1. The average molecular weight is 297 g/mol. The van der Waals surface area contributed by atoms with Gasteiger partial charge < -0.3 is 9.84 Å². The van der Waals surface area contributed by atoms with Gasteiger partial charge in [-0.2, -0.15) is 0 Å². The van der Waals surface area contributed by atoms with Crippen molar-refractivity contribution in [3.05, 3.63) is 63.6 Å². The Morgan fingerprint density at radius 2 is 1.63 bits per heavy atom. The van der Waals surface area contributed by atoms with Gasteiger partial charge in [-0.25, -0.2) is 4.79 Å². The molecule has 3 nitrogen and oxygen atoms in total. The zero-order valence-corrected chi connectivity index (χ0v) is 11.3. The molecule has 0 bridgehead atoms. The van der Waals surface area contributed by atoms with Gasteiger partial charge in [0.1, 0.15) is 6.61 Å². The Balaban J connectivity index is 2.08. The Morgan fingerprint density at radius 3 is 2.16 bits per heavy atom. The molecule has 0 amide bonds. The van der Waals surface area contributed by atoms with Gasteiger partial charge >= 0.3 is 5.97 Å². The molecule has 2 aromatic rings. The number of hydrogen-bond donors (Lipinski definition) is 1. The van der Waals surface area contributed by atoms with E-state index in [1.54, 1.807) is 30.3 Å². The lowest BCUT2D eigenvalue weighted by atomic mass is 10.1. The minimum atomic E-state index is -0.957. The highest BCUT2D eigenvalue weighted by molar-refractivity contribution is 6.37. The van der Waals surface area contributed by atoms with E-state index in [-0.39, 0.29) is 12.2 Å². The fourth-order valence-corrected chi connectivity index (χ4v) is 2.03. The van der Waals surface area contributed by atoms with Crippen LogP contribution in [0.15, 0.2) is 42.5 Å². The Hall–Kier alpha value is -1.71. The molecule has 0 heterocycles. The van der Waals surface area contributed by atoms with Crippen molar-refractivity contribution in [3.8, 4) is 5.75 Å². The monoisotopic (exact) mass is 296 g/mol. The van der Waals surface area contributed by atoms with Crippen LogP contribution in [0, 0.1) is 0 Å². The Bertz CT molecular complexity index is 574. The van der Waals surface area contributed by atoms with Crippen LogP contribution in [0.25, 0.3) is 0 Å². The maximum absolute atomic E-state index is 10.7. The summed E-state index contributed by atoms with van der Waals surface area (Å²) < 4.78 is 5.54. The lowest BCUT2D eigenvalue weighted by molar-refractivity contribution is 0.0697. The molecule has 0 radical (unpaired) electrons. The van der Waals surface area contributed by atoms with E-state index in [0.717, 1.165) is 5.56 Å². The number of ether oxygens (including phenoxy) is 1. The number of carboxylic acids is 1. The summed E-state index contributed by atoms with van der Waals surface area (Å²) in [6, 6.07) is 11.5. The lowest BCUT2D eigenvalue weighted by Crippen LogP contribution is -1.99. The van der Waals surface area contributed by atoms with E-state index in [1.807, 2.05) is 0 Å². The van der Waals surface area contributed by atoms with Crippen molar-refractivity contribution in [2.45, 2.75) is 6.61 Å². The Morgan fingerprint density at radius 1 is 1.05 bits per heavy atom. The van der Waals surface area contributed by atoms with Gasteiger partial charge in [-0.3, -0.25) is 0 Å². The number of rotatable bonds is 4. The summed E-state index contributed by atoms with van der Waals surface area (Å²) in [5, 5.41) is 9.67. The van der Waals surface area contributed by atoms with Crippen molar-refractivity contribution < 1.29 is 14.6 Å². The largest absolute Gasteiger partial charge is 0.486 e. The smallest absolute Gasteiger partial charge is 0.335 e. The third-order valence-electron chi connectivity index (χ3n) is 2.50. The summed E-state index contributed by atoms with van der Waals surface area (Å²) in [7, 11) is 0. The third kappa shape index (κ3) is 3.40. The lowest BCUT2D eigenvalue weighted by Gasteiger charge is -2.09. The summed E-state index contributed by atoms with van der Waals surface area (Å²) in [6.45, 7) is 0.267. The number of carbonyl (C=O) groups is 1. The average Bonchev–Trinajstić information content (AvgIpc) is 2.38. The predicted octanol–water partition coefficient (Wildman–Crippen LogP) is 4.27. The minimum Gasteiger partial charge on any atom is -0.486 e. The summed E-state index contributed by atoms with van der Waals surface area (Å²) in [5.41, 5.74) is 1.07. The van der Waals surface area contributed by atoms with Crippen LogP contribution >= 0.6 is 23.2 Å². The molecule has 5 heteroatoms. The number of hydrogen-bond acceptors (Lipinski definition) is 2. The van der Waals surface area contributed by atoms with E-state index in [9.17, 15) is 4.79 Å². The maximum atomic E-state index is 10.7. The van der Waals surface area contributed by atoms with E-state index < -0.39 is 5.97 Å². The van der Waals surface area contributed by atoms with E-state index in [2.05, 4.69) is 0 Å². The topological polar surface area (TPSA) is 46.5 Å². The van der Waals surface area contributed by atoms with E-state index >= 15 is 0 Å². The second-order valence-corrected chi connectivity index (χ2v) is 4.66. The molecule has 0 unspecified atom stereocenters. The fraction of sp³-hybridized carbons (Fsp3) is 0.0714. The molecular formula is C14H10Cl2O3. The van der Waals surface area contributed by atoms with Crippen molar-refractivity contribution in [2.75, 3.05) is 0 Å². The highest BCUT2D eigenvalue weighted by Crippen LogP contribution is 2.32. The van der Waals surface area contributed by atoms with Gasteiger partial charge in [0.25, 0.3) is 0 Å². The molecule has 0 aromatic heterocycles. The molecule has 0 atom stereocenters. The van der Waals surface area contributed by atoms with Gasteiger partial charge in [-0.1, -0.05) is 41.4 Å². The molecule has 19 heavy (non-hydrogen) atoms. The van der Waals surface area contributed by atoms with Gasteiger partial charge in [0.2, 0.25) is 0 Å². The first-order chi connectivity index (χ1) is 9.08. The predicted molar refractivity (Wildman–Crippen MR) is 74.2 cm³/mol. The van der Waals surface area contributed by atoms with E-state index in [0.29, 0.717) is 15.8 Å². The van der Waals surface area contributed by atoms with Gasteiger partial charge in [0.15, 0.2) is 5.75 Å². The van der Waals surface area contributed by atoms with Gasteiger partial charge in [-0.05, 0) is 29.8 Å². The molecule has 0 spiro atoms. The number of benzene rings is 2. The van der Waals surface area contributed by atoms with Crippen molar-refractivity contribution in [2.24, 2.45) is 0 Å². The highest BCUT2D eigenvalue weighted by atomic mass is 35.5. The zero-order valence-electron chi connectivity index (χ0n) is 9.77. The quantitative estimate of drug-likeness (QED) is 0.916. The van der Waals surface area contributed by atoms with Crippen LogP contribution in [0.3, 0.4) is 0 Å². The Labute approximate surface area is 120 Å².